The fourth-order valence-electron chi connectivity index (χ4n) is 2.01. The lowest BCUT2D eigenvalue weighted by molar-refractivity contribution is -0.160. The molecule has 180 valence electrons. The van der Waals surface area contributed by atoms with E-state index in [0.29, 0.717) is 0 Å². The fourth-order valence-corrected chi connectivity index (χ4v) is 2.01. The average Bonchev–Trinajstić information content (AvgIpc) is 2.58. The van der Waals surface area contributed by atoms with E-state index in [9.17, 15) is 24.0 Å². The lowest BCUT2D eigenvalue weighted by Crippen LogP contribution is -2.49. The quantitative estimate of drug-likeness (QED) is 0.314. The van der Waals surface area contributed by atoms with Crippen molar-refractivity contribution >= 4 is 42.1 Å². The molecule has 31 heavy (non-hydrogen) atoms. The molecule has 0 rings (SSSR count). The van der Waals surface area contributed by atoms with Crippen LogP contribution in [-0.2, 0) is 33.4 Å². The largest absolute Gasteiger partial charge is 0.460 e. The second-order valence-electron chi connectivity index (χ2n) is 8.54. The molecule has 0 saturated carbocycles. The predicted molar refractivity (Wildman–Crippen MR) is 115 cm³/mol. The fraction of sp³-hybridized carbons (Fsp3) is 0.737. The Kier molecular flexibility index (Phi) is 13.7. The number of nitrogens with one attached hydrogen (secondary N) is 3. The molecule has 0 aromatic heterocycles. The Morgan fingerprint density at radius 2 is 1.29 bits per heavy atom. The highest BCUT2D eigenvalue weighted by Gasteiger charge is 2.28. The number of esters is 2. The van der Waals surface area contributed by atoms with Crippen molar-refractivity contribution in [1.82, 2.24) is 16.0 Å². The van der Waals surface area contributed by atoms with Crippen molar-refractivity contribution in [1.29, 1.82) is 0 Å². The van der Waals surface area contributed by atoms with E-state index < -0.39 is 53.4 Å². The summed E-state index contributed by atoms with van der Waals surface area (Å²) in [6.45, 7) is 9.15. The number of hydrogen-bond donors (Lipinski definition) is 4. The Bertz CT molecular complexity index is 642. The van der Waals surface area contributed by atoms with Crippen molar-refractivity contribution in [3.05, 3.63) is 0 Å². The highest BCUT2D eigenvalue weighted by molar-refractivity contribution is 5.90. The first-order chi connectivity index (χ1) is 13.6. The van der Waals surface area contributed by atoms with Crippen LogP contribution in [0.1, 0.15) is 54.4 Å². The van der Waals surface area contributed by atoms with Crippen molar-refractivity contribution in [3.8, 4) is 0 Å². The van der Waals surface area contributed by atoms with Gasteiger partial charge in [0.1, 0.15) is 17.2 Å². The molecule has 0 aliphatic carbocycles. The van der Waals surface area contributed by atoms with Crippen LogP contribution in [0.15, 0.2) is 0 Å². The van der Waals surface area contributed by atoms with E-state index in [1.54, 1.807) is 41.5 Å². The van der Waals surface area contributed by atoms with Crippen molar-refractivity contribution in [2.75, 3.05) is 19.6 Å². The molecule has 11 nitrogen and oxygen atoms in total. The SMILES string of the molecule is CC(C)(C)OC(=O)CCC(NC(=O)CNC(=O)CNC(=O)CN)C(=O)OC(C)(C)C.Cl. The third kappa shape index (κ3) is 17.0. The van der Waals surface area contributed by atoms with Crippen LogP contribution in [0, 0.1) is 0 Å². The minimum atomic E-state index is -1.10. The van der Waals surface area contributed by atoms with Crippen LogP contribution in [0.4, 0.5) is 0 Å². The molecule has 0 aliphatic rings. The third-order valence-corrected chi connectivity index (χ3v) is 3.16. The van der Waals surface area contributed by atoms with Gasteiger partial charge >= 0.3 is 11.9 Å². The number of rotatable bonds is 10. The Balaban J connectivity index is 0. The van der Waals surface area contributed by atoms with Crippen LogP contribution in [0.3, 0.4) is 0 Å². The number of amides is 3. The lowest BCUT2D eigenvalue weighted by Gasteiger charge is -2.25. The van der Waals surface area contributed by atoms with E-state index in [1.807, 2.05) is 0 Å². The van der Waals surface area contributed by atoms with Gasteiger partial charge in [0, 0.05) is 6.42 Å². The van der Waals surface area contributed by atoms with Gasteiger partial charge in [-0.25, -0.2) is 4.79 Å². The van der Waals surface area contributed by atoms with Gasteiger partial charge in [-0.3, -0.25) is 19.2 Å². The Morgan fingerprint density at radius 3 is 1.77 bits per heavy atom. The average molecular weight is 467 g/mol. The van der Waals surface area contributed by atoms with E-state index in [0.717, 1.165) is 0 Å². The van der Waals surface area contributed by atoms with Crippen LogP contribution < -0.4 is 21.7 Å². The molecule has 1 unspecified atom stereocenters. The summed E-state index contributed by atoms with van der Waals surface area (Å²) in [5.74, 6) is -3.00. The van der Waals surface area contributed by atoms with Crippen LogP contribution >= 0.6 is 12.4 Å². The Labute approximate surface area is 188 Å². The zero-order chi connectivity index (χ0) is 23.5. The van der Waals surface area contributed by atoms with Crippen molar-refractivity contribution in [2.45, 2.75) is 71.6 Å². The van der Waals surface area contributed by atoms with Crippen LogP contribution in [0.25, 0.3) is 0 Å². The second-order valence-corrected chi connectivity index (χ2v) is 8.54. The zero-order valence-electron chi connectivity index (χ0n) is 19.0. The highest BCUT2D eigenvalue weighted by Crippen LogP contribution is 2.13. The molecule has 0 saturated heterocycles. The maximum atomic E-state index is 12.4. The van der Waals surface area contributed by atoms with Gasteiger partial charge in [-0.15, -0.1) is 12.4 Å². The standard InChI is InChI=1S/C19H34N4O7.ClH/c1-18(2,3)29-16(27)8-7-12(17(28)30-19(4,5)6)23-15(26)11-22-14(25)10-21-13(24)9-20;/h12H,7-11,20H2,1-6H3,(H,21,24)(H,22,25)(H,23,26);1H. The lowest BCUT2D eigenvalue weighted by atomic mass is 10.1. The maximum absolute atomic E-state index is 12.4. The van der Waals surface area contributed by atoms with Gasteiger partial charge < -0.3 is 31.2 Å². The summed E-state index contributed by atoms with van der Waals surface area (Å²) in [7, 11) is 0. The first-order valence-corrected chi connectivity index (χ1v) is 9.60. The highest BCUT2D eigenvalue weighted by atomic mass is 35.5. The van der Waals surface area contributed by atoms with E-state index >= 15 is 0 Å². The number of hydrogen-bond acceptors (Lipinski definition) is 8. The van der Waals surface area contributed by atoms with Gasteiger partial charge in [0.2, 0.25) is 17.7 Å². The first kappa shape index (κ1) is 30.8. The molecule has 12 heteroatoms. The molecule has 0 bridgehead atoms. The molecule has 3 amide bonds. The maximum Gasteiger partial charge on any atom is 0.329 e. The van der Waals surface area contributed by atoms with Gasteiger partial charge in [0.25, 0.3) is 0 Å². The van der Waals surface area contributed by atoms with Gasteiger partial charge in [0.15, 0.2) is 0 Å². The van der Waals surface area contributed by atoms with Gasteiger partial charge in [-0.05, 0) is 48.0 Å². The van der Waals surface area contributed by atoms with E-state index in [2.05, 4.69) is 16.0 Å². The number of nitrogens with two attached hydrogens (primary N) is 1. The van der Waals surface area contributed by atoms with Crippen molar-refractivity contribution in [2.24, 2.45) is 5.73 Å². The molecule has 0 aromatic carbocycles. The summed E-state index contributed by atoms with van der Waals surface area (Å²) in [4.78, 5) is 59.1. The predicted octanol–water partition coefficient (Wildman–Crippen LogP) is -0.452. The molecular formula is C19H35ClN4O7. The molecular weight excluding hydrogens is 432 g/mol. The molecule has 0 fully saturated rings. The molecule has 0 aliphatic heterocycles. The minimum Gasteiger partial charge on any atom is -0.460 e. The summed E-state index contributed by atoms with van der Waals surface area (Å²) < 4.78 is 10.5. The Morgan fingerprint density at radius 1 is 0.806 bits per heavy atom. The van der Waals surface area contributed by atoms with E-state index in [4.69, 9.17) is 15.2 Å². The summed E-state index contributed by atoms with van der Waals surface area (Å²) in [5.41, 5.74) is 3.64. The molecule has 0 heterocycles. The number of halogens is 1. The topological polar surface area (TPSA) is 166 Å². The minimum absolute atomic E-state index is 0. The Hall–Kier alpha value is -2.40. The summed E-state index contributed by atoms with van der Waals surface area (Å²) in [6.07, 6.45) is -0.144. The van der Waals surface area contributed by atoms with Crippen molar-refractivity contribution < 1.29 is 33.4 Å². The first-order valence-electron chi connectivity index (χ1n) is 9.60. The summed E-state index contributed by atoms with van der Waals surface area (Å²) in [5, 5.41) is 7.00. The normalized spacial score (nSPS) is 12.0. The summed E-state index contributed by atoms with van der Waals surface area (Å²) >= 11 is 0. The summed E-state index contributed by atoms with van der Waals surface area (Å²) in [6, 6.07) is -1.10. The van der Waals surface area contributed by atoms with Gasteiger partial charge in [-0.1, -0.05) is 0 Å². The molecule has 5 N–H and O–H groups in total. The van der Waals surface area contributed by atoms with Crippen LogP contribution in [0.2, 0.25) is 0 Å². The molecule has 1 atom stereocenters. The van der Waals surface area contributed by atoms with Crippen molar-refractivity contribution in [3.63, 3.8) is 0 Å². The molecule has 0 spiro atoms. The number of carbonyl (C=O) groups excluding carboxylic acids is 5. The third-order valence-electron chi connectivity index (χ3n) is 3.16. The molecule has 0 aromatic rings. The second kappa shape index (κ2) is 13.8. The number of carbonyl (C=O) groups is 5. The van der Waals surface area contributed by atoms with Gasteiger partial charge in [-0.2, -0.15) is 0 Å². The van der Waals surface area contributed by atoms with Crippen LogP contribution in [-0.4, -0.2) is 66.5 Å². The van der Waals surface area contributed by atoms with E-state index in [-0.39, 0.29) is 38.3 Å². The van der Waals surface area contributed by atoms with Gasteiger partial charge in [0.05, 0.1) is 19.6 Å². The zero-order valence-corrected chi connectivity index (χ0v) is 19.8. The molecule has 0 radical (unpaired) electrons. The van der Waals surface area contributed by atoms with Crippen LogP contribution in [0.5, 0.6) is 0 Å². The number of ether oxygens (including phenoxy) is 2. The smallest absolute Gasteiger partial charge is 0.329 e. The van der Waals surface area contributed by atoms with E-state index in [1.165, 1.54) is 0 Å². The monoisotopic (exact) mass is 466 g/mol.